The van der Waals surface area contributed by atoms with Crippen LogP contribution in [0.15, 0.2) is 42.7 Å². The minimum absolute atomic E-state index is 0.105. The maximum Gasteiger partial charge on any atom is 0.124 e. The zero-order chi connectivity index (χ0) is 13.7. The first-order valence-electron chi connectivity index (χ1n) is 6.54. The molecule has 0 fully saturated rings. The fourth-order valence-electron chi connectivity index (χ4n) is 2.24. The van der Waals surface area contributed by atoms with Gasteiger partial charge in [-0.1, -0.05) is 30.7 Å². The Morgan fingerprint density at radius 1 is 1.32 bits per heavy atom. The van der Waals surface area contributed by atoms with Crippen LogP contribution < -0.4 is 10.1 Å². The molecule has 0 spiro atoms. The molecule has 0 radical (unpaired) electrons. The first-order chi connectivity index (χ1) is 9.26. The van der Waals surface area contributed by atoms with E-state index >= 15 is 0 Å². The summed E-state index contributed by atoms with van der Waals surface area (Å²) in [6, 6.07) is 10.4. The fourth-order valence-corrected chi connectivity index (χ4v) is 2.24. The summed E-state index contributed by atoms with van der Waals surface area (Å²) >= 11 is 0. The molecule has 0 aliphatic rings. The van der Waals surface area contributed by atoms with Crippen molar-refractivity contribution in [2.24, 2.45) is 0 Å². The standard InChI is InChI=1S/C16H20N2O/c1-4-18-16(13-6-5-9-17-11-13)14-10-12(2)7-8-15(14)19-3/h5-11,16,18H,4H2,1-3H3. The van der Waals surface area contributed by atoms with Crippen LogP contribution in [0.5, 0.6) is 5.75 Å². The zero-order valence-corrected chi connectivity index (χ0v) is 11.7. The van der Waals surface area contributed by atoms with Crippen molar-refractivity contribution in [1.29, 1.82) is 0 Å². The predicted octanol–water partition coefficient (Wildman–Crippen LogP) is 3.10. The number of ether oxygens (including phenoxy) is 1. The summed E-state index contributed by atoms with van der Waals surface area (Å²) in [7, 11) is 1.71. The lowest BCUT2D eigenvalue weighted by Gasteiger charge is -2.21. The van der Waals surface area contributed by atoms with Crippen LogP contribution in [0.3, 0.4) is 0 Å². The highest BCUT2D eigenvalue weighted by Gasteiger charge is 2.17. The van der Waals surface area contributed by atoms with Gasteiger partial charge in [0.1, 0.15) is 5.75 Å². The summed E-state index contributed by atoms with van der Waals surface area (Å²) in [5.74, 6) is 0.903. The molecule has 0 aliphatic heterocycles. The Balaban J connectivity index is 2.47. The number of nitrogens with one attached hydrogen (secondary N) is 1. The molecule has 1 N–H and O–H groups in total. The second-order valence-corrected chi connectivity index (χ2v) is 4.52. The molecule has 2 aromatic rings. The lowest BCUT2D eigenvalue weighted by Crippen LogP contribution is -2.22. The molecule has 0 amide bonds. The van der Waals surface area contributed by atoms with E-state index in [0.717, 1.165) is 23.4 Å². The quantitative estimate of drug-likeness (QED) is 0.892. The van der Waals surface area contributed by atoms with E-state index in [1.807, 2.05) is 18.3 Å². The van der Waals surface area contributed by atoms with Crippen molar-refractivity contribution in [2.45, 2.75) is 19.9 Å². The molecule has 3 nitrogen and oxygen atoms in total. The maximum absolute atomic E-state index is 5.49. The number of hydrogen-bond acceptors (Lipinski definition) is 3. The van der Waals surface area contributed by atoms with Crippen molar-refractivity contribution in [1.82, 2.24) is 10.3 Å². The fraction of sp³-hybridized carbons (Fsp3) is 0.312. The molecule has 1 aromatic carbocycles. The SMILES string of the molecule is CCNC(c1cccnc1)c1cc(C)ccc1OC. The van der Waals surface area contributed by atoms with E-state index in [1.165, 1.54) is 5.56 Å². The minimum atomic E-state index is 0.105. The van der Waals surface area contributed by atoms with Crippen LogP contribution in [0.4, 0.5) is 0 Å². The highest BCUT2D eigenvalue weighted by molar-refractivity contribution is 5.43. The molecule has 1 unspecified atom stereocenters. The Labute approximate surface area is 114 Å². The monoisotopic (exact) mass is 256 g/mol. The van der Waals surface area contributed by atoms with Gasteiger partial charge in [0.05, 0.1) is 13.2 Å². The number of benzene rings is 1. The largest absolute Gasteiger partial charge is 0.496 e. The van der Waals surface area contributed by atoms with Crippen LogP contribution >= 0.6 is 0 Å². The van der Waals surface area contributed by atoms with Crippen molar-refractivity contribution in [2.75, 3.05) is 13.7 Å². The Morgan fingerprint density at radius 2 is 2.16 bits per heavy atom. The van der Waals surface area contributed by atoms with Crippen molar-refractivity contribution in [3.05, 3.63) is 59.4 Å². The Kier molecular flexibility index (Phi) is 4.53. The van der Waals surface area contributed by atoms with Gasteiger partial charge < -0.3 is 10.1 Å². The Morgan fingerprint density at radius 3 is 2.79 bits per heavy atom. The summed E-state index contributed by atoms with van der Waals surface area (Å²) in [4.78, 5) is 4.21. The van der Waals surface area contributed by atoms with Crippen molar-refractivity contribution < 1.29 is 4.74 Å². The predicted molar refractivity (Wildman–Crippen MR) is 77.5 cm³/mol. The number of aromatic nitrogens is 1. The molecule has 1 atom stereocenters. The molecule has 0 saturated heterocycles. The van der Waals surface area contributed by atoms with Crippen LogP contribution in [-0.4, -0.2) is 18.6 Å². The number of nitrogens with zero attached hydrogens (tertiary/aromatic N) is 1. The molecule has 100 valence electrons. The minimum Gasteiger partial charge on any atom is -0.496 e. The van der Waals surface area contributed by atoms with E-state index in [2.05, 4.69) is 42.3 Å². The second-order valence-electron chi connectivity index (χ2n) is 4.52. The van der Waals surface area contributed by atoms with Gasteiger partial charge in [0, 0.05) is 18.0 Å². The molecular weight excluding hydrogens is 236 g/mol. The number of aryl methyl sites for hydroxylation is 1. The van der Waals surface area contributed by atoms with E-state index in [9.17, 15) is 0 Å². The average molecular weight is 256 g/mol. The molecule has 0 saturated carbocycles. The first-order valence-corrected chi connectivity index (χ1v) is 6.54. The Bertz CT molecular complexity index is 526. The van der Waals surface area contributed by atoms with Gasteiger partial charge in [-0.05, 0) is 31.2 Å². The lowest BCUT2D eigenvalue weighted by atomic mass is 9.97. The van der Waals surface area contributed by atoms with Gasteiger partial charge in [0.25, 0.3) is 0 Å². The summed E-state index contributed by atoms with van der Waals surface area (Å²) in [5.41, 5.74) is 3.52. The van der Waals surface area contributed by atoms with Gasteiger partial charge in [-0.25, -0.2) is 0 Å². The lowest BCUT2D eigenvalue weighted by molar-refractivity contribution is 0.404. The van der Waals surface area contributed by atoms with E-state index in [0.29, 0.717) is 0 Å². The summed E-state index contributed by atoms with van der Waals surface area (Å²) in [6.07, 6.45) is 3.69. The number of rotatable bonds is 5. The van der Waals surface area contributed by atoms with Crippen LogP contribution in [0.25, 0.3) is 0 Å². The van der Waals surface area contributed by atoms with E-state index in [-0.39, 0.29) is 6.04 Å². The van der Waals surface area contributed by atoms with Gasteiger partial charge in [-0.2, -0.15) is 0 Å². The molecule has 3 heteroatoms. The third-order valence-electron chi connectivity index (χ3n) is 3.12. The third kappa shape index (κ3) is 3.12. The van der Waals surface area contributed by atoms with Crippen molar-refractivity contribution in [3.8, 4) is 5.75 Å². The number of methoxy groups -OCH3 is 1. The summed E-state index contributed by atoms with van der Waals surface area (Å²) in [5, 5.41) is 3.50. The number of hydrogen-bond donors (Lipinski definition) is 1. The molecule has 0 bridgehead atoms. The second kappa shape index (κ2) is 6.34. The topological polar surface area (TPSA) is 34.2 Å². The summed E-state index contributed by atoms with van der Waals surface area (Å²) in [6.45, 7) is 5.08. The smallest absolute Gasteiger partial charge is 0.124 e. The van der Waals surface area contributed by atoms with E-state index < -0.39 is 0 Å². The summed E-state index contributed by atoms with van der Waals surface area (Å²) < 4.78 is 5.49. The molecule has 1 heterocycles. The third-order valence-corrected chi connectivity index (χ3v) is 3.12. The highest BCUT2D eigenvalue weighted by atomic mass is 16.5. The number of pyridine rings is 1. The van der Waals surface area contributed by atoms with Gasteiger partial charge in [-0.3, -0.25) is 4.98 Å². The Hall–Kier alpha value is -1.87. The first kappa shape index (κ1) is 13.6. The van der Waals surface area contributed by atoms with Crippen LogP contribution in [0.2, 0.25) is 0 Å². The molecular formula is C16H20N2O. The van der Waals surface area contributed by atoms with E-state index in [4.69, 9.17) is 4.74 Å². The van der Waals surface area contributed by atoms with Crippen LogP contribution in [0, 0.1) is 6.92 Å². The maximum atomic E-state index is 5.49. The van der Waals surface area contributed by atoms with E-state index in [1.54, 1.807) is 13.3 Å². The van der Waals surface area contributed by atoms with Crippen LogP contribution in [-0.2, 0) is 0 Å². The van der Waals surface area contributed by atoms with Gasteiger partial charge in [0.2, 0.25) is 0 Å². The molecule has 2 rings (SSSR count). The molecule has 1 aromatic heterocycles. The van der Waals surface area contributed by atoms with Crippen molar-refractivity contribution >= 4 is 0 Å². The molecule has 19 heavy (non-hydrogen) atoms. The van der Waals surface area contributed by atoms with Gasteiger partial charge >= 0.3 is 0 Å². The highest BCUT2D eigenvalue weighted by Crippen LogP contribution is 2.30. The van der Waals surface area contributed by atoms with Gasteiger partial charge in [-0.15, -0.1) is 0 Å². The normalized spacial score (nSPS) is 12.2. The average Bonchev–Trinajstić information content (AvgIpc) is 2.45. The van der Waals surface area contributed by atoms with Gasteiger partial charge in [0.15, 0.2) is 0 Å². The molecule has 0 aliphatic carbocycles. The van der Waals surface area contributed by atoms with Crippen LogP contribution in [0.1, 0.15) is 29.7 Å². The van der Waals surface area contributed by atoms with Crippen molar-refractivity contribution in [3.63, 3.8) is 0 Å². The zero-order valence-electron chi connectivity index (χ0n) is 11.7.